The molecule has 2 heterocycles. The van der Waals surface area contributed by atoms with Crippen LogP contribution >= 0.6 is 0 Å². The van der Waals surface area contributed by atoms with Crippen molar-refractivity contribution in [3.63, 3.8) is 0 Å². The summed E-state index contributed by atoms with van der Waals surface area (Å²) in [5.74, 6) is -1.58. The molecule has 0 aliphatic heterocycles. The van der Waals surface area contributed by atoms with E-state index in [0.717, 1.165) is 12.1 Å². The highest BCUT2D eigenvalue weighted by Crippen LogP contribution is 2.19. The molecule has 28 heavy (non-hydrogen) atoms. The molecule has 2 aromatic heterocycles. The number of nitro groups is 1. The highest BCUT2D eigenvalue weighted by atomic mass is 32.2. The topological polar surface area (TPSA) is 157 Å². The monoisotopic (exact) mass is 403 g/mol. The van der Waals surface area contributed by atoms with Gasteiger partial charge in [0.2, 0.25) is 5.95 Å². The molecule has 0 bridgehead atoms. The second-order valence-electron chi connectivity index (χ2n) is 5.50. The van der Waals surface area contributed by atoms with E-state index in [4.69, 9.17) is 4.42 Å². The first-order valence-corrected chi connectivity index (χ1v) is 9.21. The lowest BCUT2D eigenvalue weighted by Crippen LogP contribution is -2.15. The number of aryl methyl sites for hydroxylation is 1. The van der Waals surface area contributed by atoms with Gasteiger partial charge in [-0.1, -0.05) is 0 Å². The van der Waals surface area contributed by atoms with E-state index in [1.807, 2.05) is 0 Å². The van der Waals surface area contributed by atoms with Crippen molar-refractivity contribution >= 4 is 33.5 Å². The average Bonchev–Trinajstić information content (AvgIpc) is 3.12. The van der Waals surface area contributed by atoms with Gasteiger partial charge in [-0.25, -0.2) is 23.1 Å². The normalized spacial score (nSPS) is 11.0. The first-order chi connectivity index (χ1) is 13.2. The van der Waals surface area contributed by atoms with Crippen molar-refractivity contribution in [2.24, 2.45) is 0 Å². The maximum atomic E-state index is 12.4. The summed E-state index contributed by atoms with van der Waals surface area (Å²) in [6.07, 6.45) is 1.43. The number of nitrogens with zero attached hydrogens (tertiary/aromatic N) is 3. The molecule has 0 unspecified atom stereocenters. The molecule has 144 valence electrons. The number of anilines is 2. The van der Waals surface area contributed by atoms with Crippen molar-refractivity contribution in [1.29, 1.82) is 0 Å². The van der Waals surface area contributed by atoms with Gasteiger partial charge in [0.05, 0.1) is 11.0 Å². The van der Waals surface area contributed by atoms with E-state index >= 15 is 0 Å². The zero-order valence-corrected chi connectivity index (χ0v) is 15.1. The third kappa shape index (κ3) is 4.29. The molecule has 0 saturated carbocycles. The molecule has 0 saturated heterocycles. The number of benzene rings is 1. The van der Waals surface area contributed by atoms with E-state index in [2.05, 4.69) is 20.0 Å². The van der Waals surface area contributed by atoms with Crippen molar-refractivity contribution in [3.8, 4) is 0 Å². The van der Waals surface area contributed by atoms with Crippen LogP contribution in [0.4, 0.5) is 17.5 Å². The van der Waals surface area contributed by atoms with Gasteiger partial charge < -0.3 is 9.73 Å². The Bertz CT molecular complexity index is 1140. The van der Waals surface area contributed by atoms with Crippen LogP contribution in [-0.2, 0) is 10.0 Å². The lowest BCUT2D eigenvalue weighted by atomic mass is 10.3. The second-order valence-corrected chi connectivity index (χ2v) is 7.18. The number of carbonyl (C=O) groups is 1. The smallest absolute Gasteiger partial charge is 0.395 e. The van der Waals surface area contributed by atoms with Crippen molar-refractivity contribution < 1.29 is 22.6 Å². The minimum Gasteiger partial charge on any atom is -0.395 e. The summed E-state index contributed by atoms with van der Waals surface area (Å²) in [7, 11) is -3.91. The highest BCUT2D eigenvalue weighted by Gasteiger charge is 2.19. The average molecular weight is 403 g/mol. The van der Waals surface area contributed by atoms with Crippen LogP contribution in [0.25, 0.3) is 0 Å². The molecule has 0 atom stereocenters. The van der Waals surface area contributed by atoms with Crippen LogP contribution in [-0.4, -0.2) is 29.2 Å². The fourth-order valence-electron chi connectivity index (χ4n) is 2.14. The van der Waals surface area contributed by atoms with Crippen LogP contribution in [0, 0.1) is 17.0 Å². The third-order valence-corrected chi connectivity index (χ3v) is 4.78. The summed E-state index contributed by atoms with van der Waals surface area (Å²) in [6.45, 7) is 1.70. The number of carbonyl (C=O) groups excluding carboxylic acids is 1. The molecule has 1 amide bonds. The number of furan rings is 1. The maximum absolute atomic E-state index is 12.4. The molecule has 0 spiro atoms. The number of sulfonamides is 1. The van der Waals surface area contributed by atoms with E-state index in [9.17, 15) is 23.3 Å². The summed E-state index contributed by atoms with van der Waals surface area (Å²) < 4.78 is 31.8. The van der Waals surface area contributed by atoms with Gasteiger partial charge in [-0.3, -0.25) is 14.9 Å². The van der Waals surface area contributed by atoms with Gasteiger partial charge in [0.1, 0.15) is 4.92 Å². The third-order valence-electron chi connectivity index (χ3n) is 3.44. The van der Waals surface area contributed by atoms with E-state index < -0.39 is 26.7 Å². The molecule has 1 aromatic carbocycles. The number of hydrogen-bond donors (Lipinski definition) is 2. The van der Waals surface area contributed by atoms with Gasteiger partial charge >= 0.3 is 5.88 Å². The van der Waals surface area contributed by atoms with Crippen LogP contribution in [0.15, 0.2) is 58.0 Å². The molecular formula is C16H13N5O6S. The first kappa shape index (κ1) is 19.0. The number of rotatable bonds is 6. The van der Waals surface area contributed by atoms with Gasteiger partial charge in [-0.2, -0.15) is 0 Å². The zero-order chi connectivity index (χ0) is 20.3. The molecule has 12 heteroatoms. The van der Waals surface area contributed by atoms with Crippen molar-refractivity contribution in [1.82, 2.24) is 9.97 Å². The van der Waals surface area contributed by atoms with Crippen molar-refractivity contribution in [2.75, 3.05) is 10.0 Å². The van der Waals surface area contributed by atoms with Crippen LogP contribution in [0.5, 0.6) is 0 Å². The Balaban J connectivity index is 1.71. The fraction of sp³-hybridized carbons (Fsp3) is 0.0625. The van der Waals surface area contributed by atoms with Crippen LogP contribution in [0.2, 0.25) is 0 Å². The van der Waals surface area contributed by atoms with Gasteiger partial charge in [0, 0.05) is 17.6 Å². The Kier molecular flexibility index (Phi) is 5.04. The molecule has 0 radical (unpaired) electrons. The van der Waals surface area contributed by atoms with Gasteiger partial charge in [-0.05, 0) is 43.3 Å². The predicted octanol–water partition coefficient (Wildman–Crippen LogP) is 2.34. The summed E-state index contributed by atoms with van der Waals surface area (Å²) in [5.41, 5.74) is 0.874. The Morgan fingerprint density at radius 2 is 1.86 bits per heavy atom. The van der Waals surface area contributed by atoms with Crippen LogP contribution in [0.1, 0.15) is 16.2 Å². The lowest BCUT2D eigenvalue weighted by Gasteiger charge is -2.08. The second kappa shape index (κ2) is 7.44. The molecule has 3 rings (SSSR count). The van der Waals surface area contributed by atoms with Crippen molar-refractivity contribution in [2.45, 2.75) is 11.8 Å². The zero-order valence-electron chi connectivity index (χ0n) is 14.3. The van der Waals surface area contributed by atoms with E-state index in [1.165, 1.54) is 30.5 Å². The minimum absolute atomic E-state index is 0.0585. The largest absolute Gasteiger partial charge is 0.433 e. The van der Waals surface area contributed by atoms with Gasteiger partial charge in [-0.15, -0.1) is 0 Å². The first-order valence-electron chi connectivity index (χ1n) is 7.73. The number of aromatic nitrogens is 2. The lowest BCUT2D eigenvalue weighted by molar-refractivity contribution is -0.402. The van der Waals surface area contributed by atoms with Crippen molar-refractivity contribution in [3.05, 3.63) is 70.2 Å². The van der Waals surface area contributed by atoms with E-state index in [-0.39, 0.29) is 22.3 Å². The molecule has 11 nitrogen and oxygen atoms in total. The van der Waals surface area contributed by atoms with E-state index in [1.54, 1.807) is 13.0 Å². The summed E-state index contributed by atoms with van der Waals surface area (Å²) in [6, 6.07) is 9.13. The quantitative estimate of drug-likeness (QED) is 0.469. The summed E-state index contributed by atoms with van der Waals surface area (Å²) in [4.78, 5) is 29.6. The minimum atomic E-state index is -3.91. The van der Waals surface area contributed by atoms with E-state index in [0.29, 0.717) is 5.69 Å². The maximum Gasteiger partial charge on any atom is 0.433 e. The SMILES string of the molecule is Cc1ccnc(NS(=O)(=O)c2ccc(NC(=O)c3ccc([N+](=O)[O-])o3)cc2)n1. The Morgan fingerprint density at radius 3 is 2.46 bits per heavy atom. The summed E-state index contributed by atoms with van der Waals surface area (Å²) in [5, 5.41) is 13.0. The number of hydrogen-bond acceptors (Lipinski definition) is 8. The Labute approximate surface area is 158 Å². The molecule has 0 aliphatic rings. The molecule has 0 fully saturated rings. The predicted molar refractivity (Wildman–Crippen MR) is 97.3 cm³/mol. The standard InChI is InChI=1S/C16H13N5O6S/c1-10-8-9-17-16(18-10)20-28(25,26)12-4-2-11(3-5-12)19-15(22)13-6-7-14(27-13)21(23)24/h2-9H,1H3,(H,19,22)(H,17,18,20). The number of nitrogens with one attached hydrogen (secondary N) is 2. The molecule has 0 aliphatic carbocycles. The van der Waals surface area contributed by atoms with Gasteiger partial charge in [0.25, 0.3) is 15.9 Å². The highest BCUT2D eigenvalue weighted by molar-refractivity contribution is 7.92. The van der Waals surface area contributed by atoms with Crippen LogP contribution in [0.3, 0.4) is 0 Å². The Hall–Kier alpha value is -3.80. The van der Waals surface area contributed by atoms with Gasteiger partial charge in [0.15, 0.2) is 5.76 Å². The molecule has 2 N–H and O–H groups in total. The molecular weight excluding hydrogens is 390 g/mol. The fourth-order valence-corrected chi connectivity index (χ4v) is 3.09. The molecule has 3 aromatic rings. The van der Waals surface area contributed by atoms with Crippen LogP contribution < -0.4 is 10.0 Å². The summed E-state index contributed by atoms with van der Waals surface area (Å²) >= 11 is 0. The Morgan fingerprint density at radius 1 is 1.14 bits per heavy atom. The number of amides is 1.